The lowest BCUT2D eigenvalue weighted by Gasteiger charge is -2.24. The van der Waals surface area contributed by atoms with Gasteiger partial charge in [0.05, 0.1) is 10.5 Å². The van der Waals surface area contributed by atoms with E-state index in [1.54, 1.807) is 17.0 Å². The zero-order valence-electron chi connectivity index (χ0n) is 23.5. The van der Waals surface area contributed by atoms with Gasteiger partial charge in [-0.3, -0.25) is 19.3 Å². The molecule has 226 valence electrons. The fourth-order valence-corrected chi connectivity index (χ4v) is 5.55. The van der Waals surface area contributed by atoms with Crippen molar-refractivity contribution in [2.24, 2.45) is 0 Å². The van der Waals surface area contributed by atoms with E-state index in [9.17, 15) is 27.6 Å². The number of carboxylic acids is 1. The number of benzene rings is 2. The first kappa shape index (κ1) is 33.1. The minimum Gasteiger partial charge on any atom is -0.488 e. The van der Waals surface area contributed by atoms with Crippen molar-refractivity contribution >= 4 is 52.2 Å². The molecule has 1 N–H and O–H groups in total. The molecule has 0 saturated carbocycles. The Kier molecular flexibility index (Phi) is 12.4. The van der Waals surface area contributed by atoms with Crippen LogP contribution in [0.4, 0.5) is 13.2 Å². The van der Waals surface area contributed by atoms with Crippen molar-refractivity contribution in [2.45, 2.75) is 59.0 Å². The lowest BCUT2D eigenvalue weighted by molar-refractivity contribution is -0.140. The second-order valence-electron chi connectivity index (χ2n) is 9.79. The van der Waals surface area contributed by atoms with Gasteiger partial charge in [-0.25, -0.2) is 13.2 Å². The van der Waals surface area contributed by atoms with E-state index < -0.39 is 35.9 Å². The second kappa shape index (κ2) is 15.7. The molecule has 42 heavy (non-hydrogen) atoms. The van der Waals surface area contributed by atoms with E-state index in [0.717, 1.165) is 67.3 Å². The Labute approximate surface area is 252 Å². The number of nitrogens with zero attached hydrogens (tertiary/aromatic N) is 2. The largest absolute Gasteiger partial charge is 0.488 e. The summed E-state index contributed by atoms with van der Waals surface area (Å²) in [6, 6.07) is 6.33. The maximum atomic E-state index is 13.9. The molecule has 0 spiro atoms. The summed E-state index contributed by atoms with van der Waals surface area (Å²) in [6.45, 7) is 4.31. The van der Waals surface area contributed by atoms with Crippen molar-refractivity contribution in [1.82, 2.24) is 9.80 Å². The molecule has 2 aromatic rings. The van der Waals surface area contributed by atoms with Crippen LogP contribution in [-0.4, -0.2) is 56.6 Å². The molecule has 2 aromatic carbocycles. The molecule has 2 amide bonds. The van der Waals surface area contributed by atoms with E-state index in [4.69, 9.17) is 22.1 Å². The number of aliphatic carboxylic acids is 1. The Morgan fingerprint density at radius 3 is 2.21 bits per heavy atom. The number of thiocarbonyl (C=S) groups is 1. The number of unbranched alkanes of at least 4 members (excludes halogenated alkanes) is 4. The molecule has 0 atom stereocenters. The number of ether oxygens (including phenoxy) is 1. The highest BCUT2D eigenvalue weighted by Gasteiger charge is 2.33. The molecule has 3 rings (SSSR count). The molecule has 0 bridgehead atoms. The third-order valence-corrected chi connectivity index (χ3v) is 7.86. The van der Waals surface area contributed by atoms with Gasteiger partial charge >= 0.3 is 5.97 Å². The molecule has 1 heterocycles. The maximum absolute atomic E-state index is 13.9. The Morgan fingerprint density at radius 1 is 1.02 bits per heavy atom. The Bertz CT molecular complexity index is 1340. The van der Waals surface area contributed by atoms with Gasteiger partial charge in [0.2, 0.25) is 0 Å². The highest BCUT2D eigenvalue weighted by Crippen LogP contribution is 2.33. The fourth-order valence-electron chi connectivity index (χ4n) is 4.30. The summed E-state index contributed by atoms with van der Waals surface area (Å²) < 4.78 is 46.9. The summed E-state index contributed by atoms with van der Waals surface area (Å²) in [5.74, 6) is -6.19. The van der Waals surface area contributed by atoms with Crippen LogP contribution in [-0.2, 0) is 16.2 Å². The van der Waals surface area contributed by atoms with E-state index in [0.29, 0.717) is 18.7 Å². The number of carbonyl (C=O) groups is 3. The smallest absolute Gasteiger partial charge is 0.323 e. The van der Waals surface area contributed by atoms with Crippen LogP contribution < -0.4 is 4.74 Å². The second-order valence-corrected chi connectivity index (χ2v) is 11.5. The predicted molar refractivity (Wildman–Crippen MR) is 160 cm³/mol. The van der Waals surface area contributed by atoms with Crippen molar-refractivity contribution in [3.63, 3.8) is 0 Å². The van der Waals surface area contributed by atoms with Crippen LogP contribution in [0.15, 0.2) is 35.2 Å². The summed E-state index contributed by atoms with van der Waals surface area (Å²) in [5.41, 5.74) is 0.696. The highest BCUT2D eigenvalue weighted by molar-refractivity contribution is 8.26. The van der Waals surface area contributed by atoms with Crippen LogP contribution in [0, 0.1) is 17.5 Å². The minimum absolute atomic E-state index is 0.0405. The summed E-state index contributed by atoms with van der Waals surface area (Å²) in [7, 11) is 0. The van der Waals surface area contributed by atoms with Crippen molar-refractivity contribution in [3.05, 3.63) is 69.4 Å². The number of carbonyl (C=O) groups excluding carboxylic acids is 2. The molecule has 12 heteroatoms. The third kappa shape index (κ3) is 8.81. The molecule has 0 unspecified atom stereocenters. The normalized spacial score (nSPS) is 14.1. The first-order valence-electron chi connectivity index (χ1n) is 13.7. The molecular formula is C30H33F3N2O5S2. The number of thioether (sulfide) groups is 1. The number of halogens is 3. The molecule has 0 radical (unpaired) electrons. The molecule has 1 aliphatic rings. The molecule has 1 saturated heterocycles. The van der Waals surface area contributed by atoms with Gasteiger partial charge in [0.15, 0.2) is 17.5 Å². The summed E-state index contributed by atoms with van der Waals surface area (Å²) >= 11 is 6.13. The lowest BCUT2D eigenvalue weighted by Crippen LogP contribution is -2.33. The maximum Gasteiger partial charge on any atom is 0.323 e. The van der Waals surface area contributed by atoms with Crippen LogP contribution in [0.1, 0.15) is 73.9 Å². The zero-order chi connectivity index (χ0) is 30.8. The van der Waals surface area contributed by atoms with E-state index in [1.807, 2.05) is 0 Å². The first-order valence-corrected chi connectivity index (χ1v) is 14.9. The van der Waals surface area contributed by atoms with Gasteiger partial charge in [0, 0.05) is 13.1 Å². The average Bonchev–Trinajstić information content (AvgIpc) is 3.20. The quantitative estimate of drug-likeness (QED) is 0.101. The summed E-state index contributed by atoms with van der Waals surface area (Å²) in [4.78, 5) is 40.7. The number of rotatable bonds is 15. The number of hydrogen-bond donors (Lipinski definition) is 1. The topological polar surface area (TPSA) is 87.2 Å². The van der Waals surface area contributed by atoms with Crippen LogP contribution in [0.5, 0.6) is 5.75 Å². The minimum atomic E-state index is -1.58. The van der Waals surface area contributed by atoms with Crippen LogP contribution >= 0.6 is 24.0 Å². The summed E-state index contributed by atoms with van der Waals surface area (Å²) in [6.07, 6.45) is 6.98. The third-order valence-electron chi connectivity index (χ3n) is 6.49. The van der Waals surface area contributed by atoms with Gasteiger partial charge in [-0.2, -0.15) is 0 Å². The van der Waals surface area contributed by atoms with Crippen molar-refractivity contribution < 1.29 is 37.4 Å². The van der Waals surface area contributed by atoms with Gasteiger partial charge in [-0.05, 0) is 54.3 Å². The Hall–Kier alpha value is -3.38. The van der Waals surface area contributed by atoms with Gasteiger partial charge < -0.3 is 14.7 Å². The molecular weight excluding hydrogens is 589 g/mol. The molecule has 0 aliphatic carbocycles. The van der Waals surface area contributed by atoms with E-state index >= 15 is 0 Å². The van der Waals surface area contributed by atoms with Gasteiger partial charge in [0.25, 0.3) is 11.8 Å². The molecule has 7 nitrogen and oxygen atoms in total. The SMILES string of the molecule is CCCCCN(CCCCC)C(=O)c1cc(/C=C2\SC(=S)N(CC(=O)O)C2=O)ccc1OCc1cc(F)c(F)c(F)c1. The number of hydrogen-bond acceptors (Lipinski definition) is 6. The summed E-state index contributed by atoms with van der Waals surface area (Å²) in [5, 5.41) is 9.10. The van der Waals surface area contributed by atoms with Crippen LogP contribution in [0.3, 0.4) is 0 Å². The molecule has 1 aliphatic heterocycles. The lowest BCUT2D eigenvalue weighted by atomic mass is 10.1. The molecule has 0 aromatic heterocycles. The molecule has 1 fully saturated rings. The monoisotopic (exact) mass is 622 g/mol. The fraction of sp³-hybridized carbons (Fsp3) is 0.400. The van der Waals surface area contributed by atoms with Crippen molar-refractivity contribution in [1.29, 1.82) is 0 Å². The van der Waals surface area contributed by atoms with Crippen molar-refractivity contribution in [2.75, 3.05) is 19.6 Å². The van der Waals surface area contributed by atoms with E-state index in [2.05, 4.69) is 13.8 Å². The zero-order valence-corrected chi connectivity index (χ0v) is 25.1. The van der Waals surface area contributed by atoms with Crippen molar-refractivity contribution in [3.8, 4) is 5.75 Å². The van der Waals surface area contributed by atoms with E-state index in [1.165, 1.54) is 12.1 Å². The number of carboxylic acid groups (broad SMARTS) is 1. The van der Waals surface area contributed by atoms with Crippen LogP contribution in [0.2, 0.25) is 0 Å². The highest BCUT2D eigenvalue weighted by atomic mass is 32.2. The Balaban J connectivity index is 1.97. The van der Waals surface area contributed by atoms with Gasteiger partial charge in [-0.15, -0.1) is 0 Å². The standard InChI is InChI=1S/C30H33F3N2O5S2/c1-3-5-7-11-34(12-8-6-4-2)28(38)21-13-19(16-25-29(39)35(17-26(36)37)30(41)42-25)9-10-24(21)40-18-20-14-22(31)27(33)23(32)15-20/h9-10,13-16H,3-8,11-12,17-18H2,1-2H3,(H,36,37)/b25-16-. The van der Waals surface area contributed by atoms with Gasteiger partial charge in [0.1, 0.15) is 23.2 Å². The predicted octanol–water partition coefficient (Wildman–Crippen LogP) is 6.79. The number of amides is 2. The van der Waals surface area contributed by atoms with Crippen LogP contribution in [0.25, 0.3) is 6.08 Å². The average molecular weight is 623 g/mol. The first-order chi connectivity index (χ1) is 20.0. The van der Waals surface area contributed by atoms with Gasteiger partial charge in [-0.1, -0.05) is 69.6 Å². The van der Waals surface area contributed by atoms with E-state index in [-0.39, 0.29) is 38.6 Å². The Morgan fingerprint density at radius 2 is 1.64 bits per heavy atom.